The van der Waals surface area contributed by atoms with Crippen molar-refractivity contribution in [1.29, 1.82) is 0 Å². The van der Waals surface area contributed by atoms with Crippen LogP contribution in [0.4, 0.5) is 0 Å². The molecule has 0 saturated carbocycles. The second-order valence-corrected chi connectivity index (χ2v) is 9.00. The Balaban J connectivity index is 0.00000272. The number of piperidine rings is 1. The summed E-state index contributed by atoms with van der Waals surface area (Å²) < 4.78 is 2.04. The van der Waals surface area contributed by atoms with Gasteiger partial charge in [-0.1, -0.05) is 48.0 Å². The largest absolute Gasteiger partial charge is 1.00 e. The summed E-state index contributed by atoms with van der Waals surface area (Å²) >= 11 is 0. The Labute approximate surface area is 198 Å². The number of rotatable bonds is 3. The van der Waals surface area contributed by atoms with Gasteiger partial charge in [-0.05, 0) is 32.4 Å². The average molecular weight is 598 g/mol. The molecule has 0 bridgehead atoms. The van der Waals surface area contributed by atoms with Crippen molar-refractivity contribution < 1.29 is 32.0 Å². The Bertz CT molecular complexity index is 1170. The molecule has 164 valence electrons. The molecule has 2 aliphatic rings. The van der Waals surface area contributed by atoms with Crippen LogP contribution >= 0.6 is 0 Å². The molecule has 1 N–H and O–H groups in total. The third kappa shape index (κ3) is 4.18. The van der Waals surface area contributed by atoms with Crippen LogP contribution in [0.1, 0.15) is 32.4 Å². The first-order valence-corrected chi connectivity index (χ1v) is 10.2. The predicted octanol–water partition coefficient (Wildman–Crippen LogP) is 1.20. The van der Waals surface area contributed by atoms with Crippen LogP contribution < -0.4 is 20.5 Å². The molecule has 2 aliphatic heterocycles. The zero-order valence-corrected chi connectivity index (χ0v) is 20.3. The molecule has 0 radical (unpaired) electrons. The summed E-state index contributed by atoms with van der Waals surface area (Å²) in [5.41, 5.74) is 1.64. The summed E-state index contributed by atoms with van der Waals surface area (Å²) in [5.74, 6) is -0.505. The van der Waals surface area contributed by atoms with Gasteiger partial charge in [-0.2, -0.15) is 0 Å². The van der Waals surface area contributed by atoms with E-state index in [9.17, 15) is 9.59 Å². The second-order valence-electron chi connectivity index (χ2n) is 9.00. The van der Waals surface area contributed by atoms with Gasteiger partial charge < -0.3 is 15.0 Å². The molecule has 0 spiro atoms. The first kappa shape index (κ1) is 23.2. The molecule has 2 atom stereocenters. The monoisotopic (exact) mass is 598 g/mol. The first-order valence-electron chi connectivity index (χ1n) is 10.2. The fraction of sp³-hybridized carbons (Fsp3) is 0.320. The number of hydrogen-bond acceptors (Lipinski definition) is 2. The number of para-hydroxylation sites is 1. The van der Waals surface area contributed by atoms with Crippen LogP contribution in [-0.4, -0.2) is 41.9 Å². The molecule has 1 fully saturated rings. The predicted molar refractivity (Wildman–Crippen MR) is 117 cm³/mol. The van der Waals surface area contributed by atoms with Crippen LogP contribution in [0.2, 0.25) is 0 Å². The van der Waals surface area contributed by atoms with E-state index in [1.54, 1.807) is 4.90 Å². The minimum atomic E-state index is -0.761. The number of fused-ring (bicyclic) bond motifs is 2. The van der Waals surface area contributed by atoms with Gasteiger partial charge >= 0.3 is 22.4 Å². The van der Waals surface area contributed by atoms with E-state index in [1.807, 2.05) is 80.9 Å². The van der Waals surface area contributed by atoms with Gasteiger partial charge in [0, 0.05) is 23.7 Å². The topological polar surface area (TPSA) is 52.4 Å². The molecule has 31 heavy (non-hydrogen) atoms. The van der Waals surface area contributed by atoms with Gasteiger partial charge in [-0.3, -0.25) is 11.4 Å². The van der Waals surface area contributed by atoms with E-state index in [0.29, 0.717) is 6.54 Å². The molecule has 4 rings (SSSR count). The Morgan fingerprint density at radius 1 is 1.13 bits per heavy atom. The minimum absolute atomic E-state index is 0. The summed E-state index contributed by atoms with van der Waals surface area (Å²) in [6.45, 7) is 12.5. The molecular formula is C25H27AuN3O2+. The maximum absolute atomic E-state index is 13.4. The van der Waals surface area contributed by atoms with Gasteiger partial charge in [0.1, 0.15) is 13.1 Å². The number of benzene rings is 2. The van der Waals surface area contributed by atoms with E-state index in [2.05, 4.69) is 11.4 Å². The van der Waals surface area contributed by atoms with Crippen LogP contribution in [0, 0.1) is 6.58 Å². The summed E-state index contributed by atoms with van der Waals surface area (Å²) in [7, 11) is 1.95. The Morgan fingerprint density at radius 3 is 2.39 bits per heavy atom. The smallest absolute Gasteiger partial charge is 0.399 e. The number of carbonyl (C=O) groups is 2. The van der Waals surface area contributed by atoms with Gasteiger partial charge in [-0.15, -0.1) is 0 Å². The van der Waals surface area contributed by atoms with Crippen LogP contribution in [0.3, 0.4) is 0 Å². The number of nitrogens with one attached hydrogen (secondary N) is 1. The molecule has 1 saturated heterocycles. The van der Waals surface area contributed by atoms with Gasteiger partial charge in [0.15, 0.2) is 6.04 Å². The Hall–Kier alpha value is -2.47. The number of likely N-dealkylation sites (N-methyl/N-ethyl adjacent to an activating group) is 1. The van der Waals surface area contributed by atoms with Crippen molar-refractivity contribution in [3.8, 4) is 0 Å². The van der Waals surface area contributed by atoms with Gasteiger partial charge in [0.25, 0.3) is 0 Å². The summed E-state index contributed by atoms with van der Waals surface area (Å²) in [5, 5.41) is 5.16. The zero-order valence-electron chi connectivity index (χ0n) is 18.1. The standard InChI is InChI=1S/C25H27N3O2.Au/c1-16-21-19(18-13-9-10-14-20(18)27(21)5)15-28(24(16)30)22(17-11-7-6-8-12-17)23(29)26-25(2,3)4;/h1,6-14,21-22H,15H2,2-5H3,(H,26,29);/q;+1. The normalized spacial score (nSPS) is 18.8. The number of amides is 2. The Kier molecular flexibility index (Phi) is 6.42. The van der Waals surface area contributed by atoms with Crippen molar-refractivity contribution in [3.05, 3.63) is 82.9 Å². The third-order valence-corrected chi connectivity index (χ3v) is 5.66. The van der Waals surface area contributed by atoms with E-state index < -0.39 is 11.6 Å². The summed E-state index contributed by atoms with van der Waals surface area (Å²) in [4.78, 5) is 28.3. The molecule has 5 nitrogen and oxygen atoms in total. The molecule has 2 aromatic rings. The van der Waals surface area contributed by atoms with E-state index in [4.69, 9.17) is 6.58 Å². The van der Waals surface area contributed by atoms with Crippen LogP contribution in [0.5, 0.6) is 0 Å². The maximum Gasteiger partial charge on any atom is 1.00 e. The zero-order chi connectivity index (χ0) is 21.6. The fourth-order valence-electron chi connectivity index (χ4n) is 4.43. The third-order valence-electron chi connectivity index (χ3n) is 5.66. The van der Waals surface area contributed by atoms with E-state index in [1.165, 1.54) is 0 Å². The number of carbonyl (C=O) groups excluding carboxylic acids is 2. The molecule has 0 aromatic heterocycles. The Morgan fingerprint density at radius 2 is 1.74 bits per heavy atom. The van der Waals surface area contributed by atoms with Crippen molar-refractivity contribution in [2.45, 2.75) is 38.4 Å². The second kappa shape index (κ2) is 8.58. The van der Waals surface area contributed by atoms with Crippen molar-refractivity contribution in [1.82, 2.24) is 14.8 Å². The molecular weight excluding hydrogens is 571 g/mol. The first-order chi connectivity index (χ1) is 14.2. The van der Waals surface area contributed by atoms with Crippen LogP contribution in [-0.2, 0) is 32.0 Å². The molecule has 2 aromatic carbocycles. The van der Waals surface area contributed by atoms with Gasteiger partial charge in [-0.25, -0.2) is 4.58 Å². The van der Waals surface area contributed by atoms with E-state index in [-0.39, 0.29) is 45.8 Å². The van der Waals surface area contributed by atoms with E-state index >= 15 is 0 Å². The number of likely N-dealkylation sites (tertiary alicyclic amines) is 1. The SMILES string of the molecule is [Au+].[CH-]=C1C(=O)N(C(C(=O)NC(C)(C)C)c2ccccc2)CC2=c3ccccc3=[N+](C)C12. The van der Waals surface area contributed by atoms with Crippen molar-refractivity contribution >= 4 is 17.4 Å². The molecule has 0 aliphatic carbocycles. The summed E-state index contributed by atoms with van der Waals surface area (Å²) in [6, 6.07) is 16.4. The molecule has 2 heterocycles. The fourth-order valence-corrected chi connectivity index (χ4v) is 4.43. The summed E-state index contributed by atoms with van der Waals surface area (Å²) in [6.07, 6.45) is 0. The molecule has 6 heteroatoms. The van der Waals surface area contributed by atoms with Gasteiger partial charge in [0.05, 0.1) is 11.1 Å². The molecule has 2 amide bonds. The maximum atomic E-state index is 13.4. The van der Waals surface area contributed by atoms with Crippen LogP contribution in [0.25, 0.3) is 5.57 Å². The average Bonchev–Trinajstić information content (AvgIpc) is 2.98. The van der Waals surface area contributed by atoms with Crippen molar-refractivity contribution in [2.24, 2.45) is 0 Å². The number of nitrogens with zero attached hydrogens (tertiary/aromatic N) is 2. The van der Waals surface area contributed by atoms with E-state index in [0.717, 1.165) is 21.7 Å². The van der Waals surface area contributed by atoms with Crippen molar-refractivity contribution in [2.75, 3.05) is 13.6 Å². The molecule has 2 unspecified atom stereocenters. The van der Waals surface area contributed by atoms with Crippen LogP contribution in [0.15, 0.2) is 60.2 Å². The van der Waals surface area contributed by atoms with Crippen molar-refractivity contribution in [3.63, 3.8) is 0 Å². The van der Waals surface area contributed by atoms with Gasteiger partial charge in [0.2, 0.25) is 11.3 Å². The minimum Gasteiger partial charge on any atom is -0.399 e. The number of hydrogen-bond donors (Lipinski definition) is 1. The quantitative estimate of drug-likeness (QED) is 0.250.